The van der Waals surface area contributed by atoms with Crippen LogP contribution in [0.25, 0.3) is 11.1 Å². The van der Waals surface area contributed by atoms with E-state index < -0.39 is 17.2 Å². The number of carbonyl (C=O) groups is 1. The van der Waals surface area contributed by atoms with Gasteiger partial charge in [-0.05, 0) is 29.9 Å². The monoisotopic (exact) mass is 384 g/mol. The minimum Gasteiger partial charge on any atom is -0.336 e. The highest BCUT2D eigenvalue weighted by Gasteiger charge is 2.71. The highest BCUT2D eigenvalue weighted by molar-refractivity contribution is 5.90. The minimum atomic E-state index is -2.41. The van der Waals surface area contributed by atoms with Gasteiger partial charge in [-0.1, -0.05) is 24.3 Å². The minimum absolute atomic E-state index is 0.0509. The summed E-state index contributed by atoms with van der Waals surface area (Å²) in [5, 5.41) is 0. The first kappa shape index (κ1) is 17.7. The first-order chi connectivity index (χ1) is 13.5. The van der Waals surface area contributed by atoms with E-state index >= 15 is 8.78 Å². The lowest BCUT2D eigenvalue weighted by Gasteiger charge is -2.22. The van der Waals surface area contributed by atoms with Crippen LogP contribution in [0, 0.1) is 5.92 Å². The van der Waals surface area contributed by atoms with Crippen LogP contribution in [0.1, 0.15) is 18.4 Å². The number of amides is 1. The van der Waals surface area contributed by atoms with Gasteiger partial charge in [0.2, 0.25) is 5.67 Å². The second-order valence-electron chi connectivity index (χ2n) is 8.36. The first-order valence-electron chi connectivity index (χ1n) is 9.71. The van der Waals surface area contributed by atoms with E-state index in [9.17, 15) is 4.79 Å². The summed E-state index contributed by atoms with van der Waals surface area (Å²) in [5.74, 6) is -0.233. The predicted octanol–water partition coefficient (Wildman–Crippen LogP) is 2.63. The molecule has 3 heterocycles. The van der Waals surface area contributed by atoms with Crippen LogP contribution in [0.3, 0.4) is 0 Å². The van der Waals surface area contributed by atoms with E-state index in [1.165, 1.54) is 11.2 Å². The number of fused-ring (bicyclic) bond motifs is 1. The molecule has 146 valence electrons. The summed E-state index contributed by atoms with van der Waals surface area (Å²) in [6.07, 6.45) is 7.07. The quantitative estimate of drug-likeness (QED) is 0.795. The normalized spacial score (nSPS) is 30.1. The zero-order valence-corrected chi connectivity index (χ0v) is 15.5. The van der Waals surface area contributed by atoms with Gasteiger partial charge in [0.25, 0.3) is 5.91 Å². The maximum Gasteiger partial charge on any atom is 0.265 e. The summed E-state index contributed by atoms with van der Waals surface area (Å²) in [6, 6.07) is 7.77. The van der Waals surface area contributed by atoms with Gasteiger partial charge in [0, 0.05) is 44.1 Å². The second-order valence-corrected chi connectivity index (χ2v) is 8.36. The molecule has 1 amide bonds. The van der Waals surface area contributed by atoms with Crippen LogP contribution in [0.2, 0.25) is 0 Å². The van der Waals surface area contributed by atoms with Gasteiger partial charge in [0.15, 0.2) is 5.67 Å². The van der Waals surface area contributed by atoms with Gasteiger partial charge in [-0.2, -0.15) is 0 Å². The molecule has 2 saturated heterocycles. The van der Waals surface area contributed by atoms with E-state index in [2.05, 4.69) is 9.97 Å². The van der Waals surface area contributed by atoms with Crippen LogP contribution in [-0.2, 0) is 11.3 Å². The van der Waals surface area contributed by atoms with Gasteiger partial charge < -0.3 is 4.90 Å². The number of rotatable bonds is 5. The number of hydrogen-bond donors (Lipinski definition) is 0. The van der Waals surface area contributed by atoms with Crippen molar-refractivity contribution in [2.45, 2.75) is 30.7 Å². The number of likely N-dealkylation sites (tertiary alicyclic amines) is 2. The molecule has 1 aromatic heterocycles. The molecule has 5 rings (SSSR count). The SMILES string of the molecule is O=C1N(CC2CC2)C[C@@]2(F)CN(Cc3ccc(-c4cncnc4)cc3)C[C@@]12F. The van der Waals surface area contributed by atoms with Crippen LogP contribution in [0.5, 0.6) is 0 Å². The summed E-state index contributed by atoms with van der Waals surface area (Å²) in [6.45, 7) is 0.560. The fraction of sp³-hybridized carbons (Fsp3) is 0.476. The Balaban J connectivity index is 1.27. The average Bonchev–Trinajstić information content (AvgIpc) is 3.44. The van der Waals surface area contributed by atoms with Gasteiger partial charge in [0.05, 0.1) is 6.54 Å². The average molecular weight is 384 g/mol. The summed E-state index contributed by atoms with van der Waals surface area (Å²) in [5.41, 5.74) is -1.67. The fourth-order valence-corrected chi connectivity index (χ4v) is 4.43. The first-order valence-corrected chi connectivity index (χ1v) is 9.71. The molecule has 2 aromatic rings. The number of aromatic nitrogens is 2. The Morgan fingerprint density at radius 2 is 1.71 bits per heavy atom. The molecule has 7 heteroatoms. The molecule has 0 radical (unpaired) electrons. The number of carbonyl (C=O) groups excluding carboxylic acids is 1. The van der Waals surface area contributed by atoms with Gasteiger partial charge in [0.1, 0.15) is 6.33 Å². The number of halogens is 2. The van der Waals surface area contributed by atoms with E-state index in [0.717, 1.165) is 29.5 Å². The molecule has 1 aromatic carbocycles. The van der Waals surface area contributed by atoms with Gasteiger partial charge >= 0.3 is 0 Å². The van der Waals surface area contributed by atoms with Crippen LogP contribution >= 0.6 is 0 Å². The predicted molar refractivity (Wildman–Crippen MR) is 99.7 cm³/mol. The molecule has 1 aliphatic carbocycles. The molecule has 28 heavy (non-hydrogen) atoms. The Kier molecular flexibility index (Phi) is 3.98. The van der Waals surface area contributed by atoms with E-state index in [1.54, 1.807) is 17.3 Å². The standard InChI is InChI=1S/C21H22F2N4O/c22-20-11-26(13-21(20,23)19(28)27(12-20)10-16-1-2-16)9-15-3-5-17(6-4-15)18-7-24-14-25-8-18/h3-8,14,16H,1-2,9-13H2/t20-,21+/m0/s1. The van der Waals surface area contributed by atoms with E-state index in [0.29, 0.717) is 19.0 Å². The van der Waals surface area contributed by atoms with Crippen LogP contribution < -0.4 is 0 Å². The number of nitrogens with zero attached hydrogens (tertiary/aromatic N) is 4. The highest BCUT2D eigenvalue weighted by Crippen LogP contribution is 2.47. The van der Waals surface area contributed by atoms with Crippen molar-refractivity contribution in [3.05, 3.63) is 48.5 Å². The summed E-state index contributed by atoms with van der Waals surface area (Å²) >= 11 is 0. The Bertz CT molecular complexity index is 889. The lowest BCUT2D eigenvalue weighted by Crippen LogP contribution is -2.47. The molecule has 0 unspecified atom stereocenters. The topological polar surface area (TPSA) is 49.3 Å². The van der Waals surface area contributed by atoms with E-state index in [1.807, 2.05) is 24.3 Å². The number of benzene rings is 1. The van der Waals surface area contributed by atoms with Crippen molar-refractivity contribution in [2.75, 3.05) is 26.2 Å². The van der Waals surface area contributed by atoms with Gasteiger partial charge in [-0.3, -0.25) is 9.69 Å². The van der Waals surface area contributed by atoms with Crippen LogP contribution in [-0.4, -0.2) is 63.2 Å². The Morgan fingerprint density at radius 1 is 1.00 bits per heavy atom. The maximum absolute atomic E-state index is 15.4. The zero-order chi connectivity index (χ0) is 19.4. The summed E-state index contributed by atoms with van der Waals surface area (Å²) in [4.78, 5) is 23.7. The molecule has 2 aliphatic heterocycles. The Labute approximate surface area is 162 Å². The second kappa shape index (κ2) is 6.30. The van der Waals surface area contributed by atoms with Crippen molar-refractivity contribution in [1.29, 1.82) is 0 Å². The van der Waals surface area contributed by atoms with Crippen molar-refractivity contribution < 1.29 is 13.6 Å². The molecule has 2 atom stereocenters. The maximum atomic E-state index is 15.4. The third-order valence-electron chi connectivity index (χ3n) is 6.12. The van der Waals surface area contributed by atoms with Crippen LogP contribution in [0.4, 0.5) is 8.78 Å². The molecular formula is C21H22F2N4O. The third kappa shape index (κ3) is 2.89. The van der Waals surface area contributed by atoms with Crippen molar-refractivity contribution in [3.8, 4) is 11.1 Å². The summed E-state index contributed by atoms with van der Waals surface area (Å²) < 4.78 is 30.8. The Hall–Kier alpha value is -2.41. The molecule has 3 aliphatic rings. The molecule has 0 N–H and O–H groups in total. The van der Waals surface area contributed by atoms with E-state index in [-0.39, 0.29) is 19.6 Å². The molecule has 0 spiro atoms. The van der Waals surface area contributed by atoms with Crippen LogP contribution in [0.15, 0.2) is 43.0 Å². The fourth-order valence-electron chi connectivity index (χ4n) is 4.43. The molecule has 5 nitrogen and oxygen atoms in total. The number of hydrogen-bond acceptors (Lipinski definition) is 4. The van der Waals surface area contributed by atoms with Gasteiger partial charge in [-0.25, -0.2) is 18.7 Å². The van der Waals surface area contributed by atoms with Crippen molar-refractivity contribution in [1.82, 2.24) is 19.8 Å². The molecule has 0 bridgehead atoms. The Morgan fingerprint density at radius 3 is 2.36 bits per heavy atom. The number of alkyl halides is 2. The zero-order valence-electron chi connectivity index (χ0n) is 15.5. The van der Waals surface area contributed by atoms with Crippen molar-refractivity contribution >= 4 is 5.91 Å². The van der Waals surface area contributed by atoms with Crippen molar-refractivity contribution in [2.24, 2.45) is 5.92 Å². The van der Waals surface area contributed by atoms with Gasteiger partial charge in [-0.15, -0.1) is 0 Å². The largest absolute Gasteiger partial charge is 0.336 e. The lowest BCUT2D eigenvalue weighted by molar-refractivity contribution is -0.139. The van der Waals surface area contributed by atoms with E-state index in [4.69, 9.17) is 0 Å². The molecule has 3 fully saturated rings. The lowest BCUT2D eigenvalue weighted by atomic mass is 9.93. The highest BCUT2D eigenvalue weighted by atomic mass is 19.2. The molecule has 1 saturated carbocycles. The van der Waals surface area contributed by atoms with Crippen molar-refractivity contribution in [3.63, 3.8) is 0 Å². The summed E-state index contributed by atoms with van der Waals surface area (Å²) in [7, 11) is 0. The smallest absolute Gasteiger partial charge is 0.265 e. The molecular weight excluding hydrogens is 362 g/mol. The third-order valence-corrected chi connectivity index (χ3v) is 6.12.